The highest BCUT2D eigenvalue weighted by Gasteiger charge is 2.12. The summed E-state index contributed by atoms with van der Waals surface area (Å²) in [5.41, 5.74) is 2.20. The lowest BCUT2D eigenvalue weighted by Gasteiger charge is -1.82. The summed E-state index contributed by atoms with van der Waals surface area (Å²) in [6, 6.07) is 9.62. The van der Waals surface area contributed by atoms with E-state index in [9.17, 15) is 4.79 Å². The molecule has 3 nitrogen and oxygen atoms in total. The number of amides is 1. The first-order valence-corrected chi connectivity index (χ1v) is 4.82. The molecule has 4 heteroatoms. The normalized spacial score (nSPS) is 9.64. The van der Waals surface area contributed by atoms with E-state index in [1.807, 2.05) is 30.3 Å². The number of nitrogens with zero attached hydrogens (tertiary/aromatic N) is 1. The second-order valence-electron chi connectivity index (χ2n) is 2.72. The molecule has 0 aliphatic rings. The van der Waals surface area contributed by atoms with Gasteiger partial charge >= 0.3 is 12.5 Å². The lowest BCUT2D eigenvalue weighted by molar-refractivity contribution is 0.0973. The highest BCUT2D eigenvalue weighted by molar-refractivity contribution is 7.20. The number of benzene rings is 1. The summed E-state index contributed by atoms with van der Waals surface area (Å²) in [7, 11) is 0. The molecule has 2 aromatic rings. The Hall–Kier alpha value is -1.86. The quantitative estimate of drug-likeness (QED) is 0.710. The van der Waals surface area contributed by atoms with Crippen LogP contribution < -0.4 is 5.43 Å². The van der Waals surface area contributed by atoms with E-state index in [1.165, 1.54) is 11.3 Å². The summed E-state index contributed by atoms with van der Waals surface area (Å²) < 4.78 is 1.08. The predicted octanol–water partition coefficient (Wildman–Crippen LogP) is 2.51. The summed E-state index contributed by atoms with van der Waals surface area (Å²) >= 11 is 1.42. The van der Waals surface area contributed by atoms with Crippen LogP contribution in [0.3, 0.4) is 0 Å². The summed E-state index contributed by atoms with van der Waals surface area (Å²) in [6.07, 6.45) is 0. The molecule has 0 bridgehead atoms. The van der Waals surface area contributed by atoms with E-state index < -0.39 is 0 Å². The first-order valence-electron chi connectivity index (χ1n) is 4.00. The fraction of sp³-hybridized carbons (Fsp3) is 0. The Labute approximate surface area is 84.8 Å². The maximum atomic E-state index is 11.3. The Morgan fingerprint density at radius 2 is 2.21 bits per heavy atom. The van der Waals surface area contributed by atoms with Crippen molar-refractivity contribution < 1.29 is 4.79 Å². The molecule has 68 valence electrons. The Morgan fingerprint density at radius 1 is 1.43 bits per heavy atom. The molecule has 0 saturated carbocycles. The van der Waals surface area contributed by atoms with E-state index in [4.69, 9.17) is 6.57 Å². The van der Waals surface area contributed by atoms with E-state index in [-0.39, 0.29) is 5.91 Å². The average molecular weight is 203 g/mol. The standard InChI is InChI=1S/C10H6N2OS/c1-11-12-10(13)9-6-7-4-2-3-5-8(7)14-9/h1-6H/p+1. The molecule has 1 N–H and O–H groups in total. The smallest absolute Gasteiger partial charge is 0.261 e. The van der Waals surface area contributed by atoms with Crippen molar-refractivity contribution >= 4 is 27.3 Å². The molecule has 0 saturated heterocycles. The second kappa shape index (κ2) is 3.48. The van der Waals surface area contributed by atoms with Gasteiger partial charge in [0.1, 0.15) is 0 Å². The van der Waals surface area contributed by atoms with E-state index >= 15 is 0 Å². The third kappa shape index (κ3) is 1.45. The zero-order valence-corrected chi connectivity index (χ0v) is 8.04. The molecule has 0 atom stereocenters. The molecule has 2 rings (SSSR count). The molecule has 0 unspecified atom stereocenters. The summed E-state index contributed by atoms with van der Waals surface area (Å²) in [5.74, 6) is -0.270. The molecule has 0 radical (unpaired) electrons. The molecule has 14 heavy (non-hydrogen) atoms. The Bertz CT molecular complexity index is 491. The van der Waals surface area contributed by atoms with Crippen LogP contribution >= 0.6 is 11.3 Å². The van der Waals surface area contributed by atoms with Gasteiger partial charge in [-0.15, -0.1) is 11.3 Å². The summed E-state index contributed by atoms with van der Waals surface area (Å²) in [6.45, 7) is 4.86. The van der Waals surface area contributed by atoms with Crippen molar-refractivity contribution in [3.05, 3.63) is 40.2 Å². The van der Waals surface area contributed by atoms with Gasteiger partial charge in [0.25, 0.3) is 0 Å². The lowest BCUT2D eigenvalue weighted by atomic mass is 10.2. The van der Waals surface area contributed by atoms with Gasteiger partial charge in [-0.3, -0.25) is 4.79 Å². The van der Waals surface area contributed by atoms with Crippen molar-refractivity contribution in [1.82, 2.24) is 5.43 Å². The molecule has 0 aliphatic carbocycles. The van der Waals surface area contributed by atoms with Crippen molar-refractivity contribution in [3.8, 4) is 6.57 Å². The van der Waals surface area contributed by atoms with Gasteiger partial charge in [0.15, 0.2) is 0 Å². The molecule has 0 fully saturated rings. The third-order valence-corrected chi connectivity index (χ3v) is 2.93. The van der Waals surface area contributed by atoms with E-state index in [0.717, 1.165) is 10.1 Å². The number of carbonyl (C=O) groups is 1. The van der Waals surface area contributed by atoms with Crippen molar-refractivity contribution in [1.29, 1.82) is 0 Å². The maximum absolute atomic E-state index is 11.3. The third-order valence-electron chi connectivity index (χ3n) is 1.82. The van der Waals surface area contributed by atoms with Crippen LogP contribution in [0.15, 0.2) is 30.3 Å². The Kier molecular flexibility index (Phi) is 2.17. The van der Waals surface area contributed by atoms with Crippen molar-refractivity contribution in [2.24, 2.45) is 0 Å². The highest BCUT2D eigenvalue weighted by Crippen LogP contribution is 2.24. The number of thiophene rings is 1. The monoisotopic (exact) mass is 203 g/mol. The number of hydrogen-bond acceptors (Lipinski definition) is 2. The van der Waals surface area contributed by atoms with Gasteiger partial charge in [-0.05, 0) is 22.9 Å². The van der Waals surface area contributed by atoms with Crippen molar-refractivity contribution in [2.45, 2.75) is 0 Å². The fourth-order valence-electron chi connectivity index (χ4n) is 1.21. The minimum Gasteiger partial charge on any atom is -0.261 e. The van der Waals surface area contributed by atoms with Crippen LogP contribution in [-0.4, -0.2) is 5.91 Å². The first kappa shape index (κ1) is 8.73. The summed E-state index contributed by atoms with van der Waals surface area (Å²) in [5, 5.41) is 1.06. The van der Waals surface area contributed by atoms with Crippen LogP contribution in [-0.2, 0) is 0 Å². The molecular formula is C10H7N2OS+. The maximum Gasteiger partial charge on any atom is 0.332 e. The molecule has 1 amide bonds. The van der Waals surface area contributed by atoms with Gasteiger partial charge in [-0.1, -0.05) is 18.2 Å². The van der Waals surface area contributed by atoms with Gasteiger partial charge in [-0.2, -0.15) is 0 Å². The van der Waals surface area contributed by atoms with Gasteiger partial charge in [0.2, 0.25) is 0 Å². The molecule has 1 heterocycles. The van der Waals surface area contributed by atoms with Gasteiger partial charge in [0, 0.05) is 4.70 Å². The fourth-order valence-corrected chi connectivity index (χ4v) is 2.16. The van der Waals surface area contributed by atoms with Gasteiger partial charge in [0.05, 0.1) is 9.83 Å². The minimum absolute atomic E-state index is 0.270. The number of hydrogen-bond donors (Lipinski definition) is 1. The number of carbonyl (C=O) groups excluding carboxylic acids is 1. The van der Waals surface area contributed by atoms with E-state index in [1.54, 1.807) is 0 Å². The predicted molar refractivity (Wildman–Crippen MR) is 57.6 cm³/mol. The minimum atomic E-state index is -0.270. The number of nitrogens with one attached hydrogen (secondary N) is 1. The van der Waals surface area contributed by atoms with Gasteiger partial charge < -0.3 is 0 Å². The van der Waals surface area contributed by atoms with Crippen LogP contribution in [0, 0.1) is 6.57 Å². The van der Waals surface area contributed by atoms with Crippen LogP contribution in [0.5, 0.6) is 0 Å². The molecule has 1 aromatic carbocycles. The molecule has 1 aromatic heterocycles. The van der Waals surface area contributed by atoms with Crippen LogP contribution in [0.2, 0.25) is 0 Å². The zero-order chi connectivity index (χ0) is 9.97. The van der Waals surface area contributed by atoms with Crippen LogP contribution in [0.1, 0.15) is 9.67 Å². The highest BCUT2D eigenvalue weighted by atomic mass is 32.1. The molecular weight excluding hydrogens is 196 g/mol. The average Bonchev–Trinajstić information content (AvgIpc) is 2.61. The zero-order valence-electron chi connectivity index (χ0n) is 7.23. The van der Waals surface area contributed by atoms with Gasteiger partial charge in [-0.25, -0.2) is 0 Å². The molecule has 0 spiro atoms. The van der Waals surface area contributed by atoms with Crippen LogP contribution in [0.25, 0.3) is 15.0 Å². The second-order valence-corrected chi connectivity index (χ2v) is 3.80. The lowest BCUT2D eigenvalue weighted by Crippen LogP contribution is -2.13. The molecule has 0 aliphatic heterocycles. The van der Waals surface area contributed by atoms with Crippen LogP contribution in [0.4, 0.5) is 0 Å². The Balaban J connectivity index is 2.46. The summed E-state index contributed by atoms with van der Waals surface area (Å²) in [4.78, 5) is 15.0. The first-order chi connectivity index (χ1) is 6.81. The largest absolute Gasteiger partial charge is 0.332 e. The van der Waals surface area contributed by atoms with E-state index in [0.29, 0.717) is 4.88 Å². The van der Waals surface area contributed by atoms with E-state index in [2.05, 4.69) is 10.4 Å². The number of rotatable bonds is 1. The topological polar surface area (TPSA) is 33.5 Å². The van der Waals surface area contributed by atoms with Crippen molar-refractivity contribution in [3.63, 3.8) is 0 Å². The Morgan fingerprint density at radius 3 is 2.93 bits per heavy atom. The SMILES string of the molecule is C#[N+]NC(=O)c1cc2ccccc2s1. The number of fused-ring (bicyclic) bond motifs is 1. The van der Waals surface area contributed by atoms with Crippen molar-refractivity contribution in [2.75, 3.05) is 0 Å².